The molecular formula is C47H46Cl2I5N8O4-. The van der Waals surface area contributed by atoms with Gasteiger partial charge in [-0.2, -0.15) is 10.2 Å². The zero-order chi connectivity index (χ0) is 46.4. The summed E-state index contributed by atoms with van der Waals surface area (Å²) < 4.78 is 0. The molecule has 4 aromatic rings. The zero-order valence-corrected chi connectivity index (χ0v) is 47.0. The Morgan fingerprint density at radius 3 is 1.32 bits per heavy atom. The standard InChI is InChI=1S/2C23H21ClN4O2.CH4.I3.I2/c2*1-25-19-9-6-14(12-17(19)24)28-22(13-4-2-3-5-13)16-8-10-18-15(21(16)27-28)7-11-20(26-18)23(29)30;;1-3-2;1-2/h2*6-7,9,11-13,16,22H,2-5,8,10H2,(H,29,30);1H4;;/q;;;-1;/t2*16-,22-;;;/m00.../s1. The maximum Gasteiger partial charge on any atom is 0.354 e. The first kappa shape index (κ1) is 53.2. The molecule has 0 unspecified atom stereocenters. The number of hydrazone groups is 2. The summed E-state index contributed by atoms with van der Waals surface area (Å²) in [4.78, 5) is 38.3. The number of hydrogen-bond acceptors (Lipinski definition) is 8. The maximum absolute atomic E-state index is 11.3. The van der Waals surface area contributed by atoms with Crippen LogP contribution in [0.25, 0.3) is 9.69 Å². The fourth-order valence-electron chi connectivity index (χ4n) is 10.5. The Labute approximate surface area is 449 Å². The van der Waals surface area contributed by atoms with E-state index in [1.54, 1.807) is 24.3 Å². The van der Waals surface area contributed by atoms with E-state index < -0.39 is 11.9 Å². The Morgan fingerprint density at radius 1 is 0.636 bits per heavy atom. The Bertz CT molecular complexity index is 2420. The monoisotopic (exact) mass is 1490 g/mol. The van der Waals surface area contributed by atoms with E-state index in [1.807, 2.05) is 36.4 Å². The van der Waals surface area contributed by atoms with Gasteiger partial charge in [0.05, 0.1) is 59.4 Å². The number of anilines is 2. The summed E-state index contributed by atoms with van der Waals surface area (Å²) in [7, 11) is 0. The topological polar surface area (TPSA) is 140 Å². The number of nitrogens with zero attached hydrogens (tertiary/aromatic N) is 8. The second-order valence-electron chi connectivity index (χ2n) is 16.6. The molecule has 12 nitrogen and oxygen atoms in total. The van der Waals surface area contributed by atoms with Crippen LogP contribution in [0.4, 0.5) is 22.7 Å². The van der Waals surface area contributed by atoms with Crippen molar-refractivity contribution in [3.05, 3.63) is 127 Å². The van der Waals surface area contributed by atoms with Crippen molar-refractivity contribution in [3.63, 3.8) is 0 Å². The minimum Gasteiger partial charge on any atom is -0.477 e. The number of pyridine rings is 2. The summed E-state index contributed by atoms with van der Waals surface area (Å²) in [6.45, 7) is 14.5. The fraction of sp³-hybridized carbons (Fsp3) is 0.404. The number of halogens is 7. The molecule has 2 aromatic heterocycles. The molecule has 19 heteroatoms. The van der Waals surface area contributed by atoms with Gasteiger partial charge in [0, 0.05) is 70.2 Å². The molecule has 2 aromatic carbocycles. The summed E-state index contributed by atoms with van der Waals surface area (Å²) in [5.74, 6) is -0.317. The Hall–Kier alpha value is -2.17. The molecule has 0 amide bonds. The molecule has 4 atom stereocenters. The number of benzene rings is 2. The van der Waals surface area contributed by atoms with E-state index in [1.165, 1.54) is 51.4 Å². The van der Waals surface area contributed by atoms with Crippen molar-refractivity contribution in [1.82, 2.24) is 9.97 Å². The van der Waals surface area contributed by atoms with Crippen molar-refractivity contribution >= 4 is 144 Å². The van der Waals surface area contributed by atoms with Crippen LogP contribution in [0.3, 0.4) is 0 Å². The molecule has 0 radical (unpaired) electrons. The number of hydrogen-bond donors (Lipinski definition) is 2. The molecule has 4 aliphatic carbocycles. The molecule has 4 heterocycles. The van der Waals surface area contributed by atoms with Crippen LogP contribution in [-0.2, 0) is 12.8 Å². The number of fused-ring (bicyclic) bond motifs is 6. The number of carboxylic acids is 2. The van der Waals surface area contributed by atoms with Crippen molar-refractivity contribution < 1.29 is 33.1 Å². The molecule has 2 N–H and O–H groups in total. The molecule has 2 fully saturated rings. The van der Waals surface area contributed by atoms with Crippen molar-refractivity contribution in [1.29, 1.82) is 0 Å². The van der Waals surface area contributed by atoms with Gasteiger partial charge in [0.1, 0.15) is 11.4 Å². The molecular weight excluding hydrogens is 1450 g/mol. The first-order valence-electron chi connectivity index (χ1n) is 21.1. The minimum absolute atomic E-state index is 0. The number of carbonyl (C=O) groups is 2. The van der Waals surface area contributed by atoms with Crippen LogP contribution in [0.5, 0.6) is 0 Å². The van der Waals surface area contributed by atoms with Gasteiger partial charge in [0.25, 0.3) is 0 Å². The quantitative estimate of drug-likeness (QED) is 0.144. The van der Waals surface area contributed by atoms with Crippen molar-refractivity contribution in [2.24, 2.45) is 33.9 Å². The van der Waals surface area contributed by atoms with E-state index in [0.29, 0.717) is 46.5 Å². The number of carboxylic acid groups (broad SMARTS) is 2. The third-order valence-corrected chi connectivity index (χ3v) is 13.8. The predicted octanol–water partition coefficient (Wildman–Crippen LogP) is 11.8. The molecule has 0 bridgehead atoms. The van der Waals surface area contributed by atoms with Crippen LogP contribution >= 0.6 is 97.7 Å². The van der Waals surface area contributed by atoms with Crippen LogP contribution < -0.4 is 23.3 Å². The normalized spacial score (nSPS) is 21.3. The van der Waals surface area contributed by atoms with E-state index >= 15 is 0 Å². The Kier molecular flexibility index (Phi) is 19.8. The van der Waals surface area contributed by atoms with Gasteiger partial charge in [0.2, 0.25) is 11.4 Å². The van der Waals surface area contributed by atoms with Crippen LogP contribution in [0.15, 0.2) is 70.9 Å². The molecule has 2 saturated carbocycles. The molecule has 0 spiro atoms. The van der Waals surface area contributed by atoms with Crippen molar-refractivity contribution in [2.75, 3.05) is 10.0 Å². The van der Waals surface area contributed by atoms with E-state index in [-0.39, 0.29) is 42.7 Å². The second-order valence-corrected chi connectivity index (χ2v) is 33.6. The van der Waals surface area contributed by atoms with Crippen molar-refractivity contribution in [3.8, 4) is 0 Å². The van der Waals surface area contributed by atoms with E-state index in [9.17, 15) is 19.8 Å². The smallest absolute Gasteiger partial charge is 0.354 e. The molecule has 0 saturated heterocycles. The van der Waals surface area contributed by atoms with E-state index in [4.69, 9.17) is 46.5 Å². The fourth-order valence-corrected chi connectivity index (χ4v) is 11.0. The number of aryl methyl sites for hydroxylation is 2. The largest absolute Gasteiger partial charge is 0.477 e. The van der Waals surface area contributed by atoms with Gasteiger partial charge in [-0.15, -0.1) is 0 Å². The third-order valence-electron chi connectivity index (χ3n) is 13.2. The van der Waals surface area contributed by atoms with Gasteiger partial charge in [-0.25, -0.2) is 29.2 Å². The molecule has 348 valence electrons. The number of aromatic nitrogens is 2. The minimum atomic E-state index is -1.01. The van der Waals surface area contributed by atoms with Crippen LogP contribution in [0.1, 0.15) is 115 Å². The summed E-state index contributed by atoms with van der Waals surface area (Å²) in [6.07, 6.45) is 13.1. The van der Waals surface area contributed by atoms with Gasteiger partial charge in [0.15, 0.2) is 0 Å². The summed E-state index contributed by atoms with van der Waals surface area (Å²) >= 11 is 22.2. The van der Waals surface area contributed by atoms with Crippen LogP contribution in [-0.4, -0.2) is 55.6 Å². The molecule has 10 rings (SSSR count). The maximum atomic E-state index is 11.3. The first-order valence-corrected chi connectivity index (χ1v) is 40.7. The zero-order valence-electron chi connectivity index (χ0n) is 34.7. The summed E-state index contributed by atoms with van der Waals surface area (Å²) in [5, 5.41) is 33.8. The predicted molar refractivity (Wildman–Crippen MR) is 294 cm³/mol. The van der Waals surface area contributed by atoms with Crippen LogP contribution in [0, 0.1) is 36.8 Å². The molecule has 6 aliphatic rings. The summed E-state index contributed by atoms with van der Waals surface area (Å²) in [6, 6.07) is 18.4. The molecule has 2 aliphatic heterocycles. The van der Waals surface area contributed by atoms with Crippen LogP contribution in [0.2, 0.25) is 10.0 Å². The van der Waals surface area contributed by atoms with Gasteiger partial charge >= 0.3 is 62.4 Å². The van der Waals surface area contributed by atoms with E-state index in [2.05, 4.69) is 104 Å². The van der Waals surface area contributed by atoms with Gasteiger partial charge in [-0.05, 0) is 112 Å². The van der Waals surface area contributed by atoms with Gasteiger partial charge in [-0.1, -0.05) is 68.4 Å². The average molecular weight is 1490 g/mol. The summed E-state index contributed by atoms with van der Waals surface area (Å²) in [5.41, 5.74) is 8.42. The second kappa shape index (κ2) is 24.6. The first-order chi connectivity index (χ1) is 31.5. The Morgan fingerprint density at radius 2 is 1.00 bits per heavy atom. The van der Waals surface area contributed by atoms with Crippen molar-refractivity contribution in [2.45, 2.75) is 96.6 Å². The SMILES string of the molecule is C.II.I[I-]I.[C-]#[N+]c1ccc(N2N=C3c4ccc(C(=O)O)nc4CC[C@@H]3[C@@H]2C2CCCC2)cc1Cl.[C-]#[N+]c1ccc(N2N=C3c4ccc(C(=O)O)nc4CC[C@@H]3[C@@H]2C2CCCC2)cc1Cl. The number of aromatic carboxylic acids is 2. The number of rotatable bonds is 6. The van der Waals surface area contributed by atoms with E-state index in [0.717, 1.165) is 71.0 Å². The van der Waals surface area contributed by atoms with Gasteiger partial charge < -0.3 is 10.2 Å². The van der Waals surface area contributed by atoms with Gasteiger partial charge in [-0.3, -0.25) is 10.0 Å². The Balaban J connectivity index is 0.000000196. The average Bonchev–Trinajstić information content (AvgIpc) is 4.16. The third kappa shape index (κ3) is 11.4. The molecule has 66 heavy (non-hydrogen) atoms.